The van der Waals surface area contributed by atoms with Crippen LogP contribution >= 0.6 is 23.2 Å². The van der Waals surface area contributed by atoms with Crippen LogP contribution in [0.25, 0.3) is 0 Å². The molecule has 0 saturated heterocycles. The van der Waals surface area contributed by atoms with Crippen LogP contribution in [0.1, 0.15) is 36.8 Å². The van der Waals surface area contributed by atoms with E-state index < -0.39 is 18.1 Å². The summed E-state index contributed by atoms with van der Waals surface area (Å²) >= 11 is 12.5. The Balaban J connectivity index is 1.96. The number of nitrogens with zero attached hydrogens (tertiary/aromatic N) is 2. The number of H-pyrrole nitrogens is 1. The highest BCUT2D eigenvalue weighted by atomic mass is 35.5. The molecule has 9 heteroatoms. The van der Waals surface area contributed by atoms with Crippen molar-refractivity contribution < 1.29 is 14.3 Å². The van der Waals surface area contributed by atoms with Gasteiger partial charge in [0.2, 0.25) is 0 Å². The molecule has 0 saturated carbocycles. The number of carbonyl (C=O) groups excluding carboxylic acids is 2. The Hall–Kier alpha value is -2.25. The molecule has 7 nitrogen and oxygen atoms in total. The molecule has 0 spiro atoms. The number of aromatic amines is 1. The molecule has 2 N–H and O–H groups in total. The summed E-state index contributed by atoms with van der Waals surface area (Å²) in [5.41, 5.74) is 2.40. The average Bonchev–Trinajstić information content (AvgIpc) is 3.13. The molecular weight excluding hydrogens is 403 g/mol. The fourth-order valence-corrected chi connectivity index (χ4v) is 3.89. The fraction of sp³-hybridized carbons (Fsp3) is 0.421. The maximum absolute atomic E-state index is 13.1. The molecule has 2 amide bonds. The number of hydrogen-bond donors (Lipinski definition) is 2. The van der Waals surface area contributed by atoms with E-state index in [1.165, 1.54) is 7.11 Å². The van der Waals surface area contributed by atoms with E-state index in [4.69, 9.17) is 27.9 Å². The molecule has 1 aromatic heterocycles. The Morgan fingerprint density at radius 1 is 1.36 bits per heavy atom. The number of aromatic nitrogens is 2. The highest BCUT2D eigenvalue weighted by Crippen LogP contribution is 2.37. The summed E-state index contributed by atoms with van der Waals surface area (Å²) < 4.78 is 4.82. The van der Waals surface area contributed by atoms with Crippen molar-refractivity contribution in [2.75, 3.05) is 13.7 Å². The molecule has 1 aliphatic heterocycles. The molecule has 1 aliphatic rings. The number of benzene rings is 1. The van der Waals surface area contributed by atoms with Gasteiger partial charge >= 0.3 is 12.0 Å². The highest BCUT2D eigenvalue weighted by Gasteiger charge is 2.37. The number of imidazole rings is 1. The number of hydrogen-bond acceptors (Lipinski definition) is 4. The van der Waals surface area contributed by atoms with Crippen LogP contribution < -0.4 is 5.32 Å². The number of urea groups is 1. The Kier molecular flexibility index (Phi) is 6.15. The van der Waals surface area contributed by atoms with E-state index in [0.29, 0.717) is 28.6 Å². The minimum Gasteiger partial charge on any atom is -0.467 e. The van der Waals surface area contributed by atoms with Crippen LogP contribution in [-0.2, 0) is 16.0 Å². The van der Waals surface area contributed by atoms with E-state index in [-0.39, 0.29) is 11.9 Å². The minimum absolute atomic E-state index is 0.125. The highest BCUT2D eigenvalue weighted by molar-refractivity contribution is 6.35. The van der Waals surface area contributed by atoms with Gasteiger partial charge in [-0.3, -0.25) is 0 Å². The molecule has 28 heavy (non-hydrogen) atoms. The van der Waals surface area contributed by atoms with Gasteiger partial charge in [0.1, 0.15) is 12.1 Å². The summed E-state index contributed by atoms with van der Waals surface area (Å²) in [7, 11) is 1.30. The van der Waals surface area contributed by atoms with Gasteiger partial charge in [-0.25, -0.2) is 14.6 Å². The summed E-state index contributed by atoms with van der Waals surface area (Å²) in [5.74, 6) is -0.610. The summed E-state index contributed by atoms with van der Waals surface area (Å²) in [4.78, 5) is 34.4. The van der Waals surface area contributed by atoms with Crippen LogP contribution in [0, 0.1) is 5.92 Å². The van der Waals surface area contributed by atoms with Gasteiger partial charge in [-0.15, -0.1) is 0 Å². The molecule has 0 aliphatic carbocycles. The van der Waals surface area contributed by atoms with Crippen LogP contribution in [0.4, 0.5) is 4.79 Å². The van der Waals surface area contributed by atoms with Crippen molar-refractivity contribution in [3.8, 4) is 0 Å². The molecule has 2 atom stereocenters. The zero-order valence-corrected chi connectivity index (χ0v) is 17.3. The van der Waals surface area contributed by atoms with Gasteiger partial charge in [-0.2, -0.15) is 0 Å². The van der Waals surface area contributed by atoms with E-state index in [9.17, 15) is 9.59 Å². The van der Waals surface area contributed by atoms with Crippen molar-refractivity contribution in [2.24, 2.45) is 5.92 Å². The number of fused-ring (bicyclic) bond motifs is 1. The number of ether oxygens (including phenoxy) is 1. The second kappa shape index (κ2) is 8.41. The number of methoxy groups -OCH3 is 1. The molecule has 0 bridgehead atoms. The van der Waals surface area contributed by atoms with E-state index in [0.717, 1.165) is 11.4 Å². The second-order valence-corrected chi connectivity index (χ2v) is 7.82. The van der Waals surface area contributed by atoms with Crippen LogP contribution in [0.2, 0.25) is 10.0 Å². The third-order valence-corrected chi connectivity index (χ3v) is 5.41. The molecule has 2 heterocycles. The molecule has 150 valence electrons. The Bertz CT molecular complexity index is 884. The predicted molar refractivity (Wildman–Crippen MR) is 106 cm³/mol. The first-order valence-corrected chi connectivity index (χ1v) is 9.71. The molecule has 3 rings (SSSR count). The Morgan fingerprint density at radius 2 is 2.11 bits per heavy atom. The standard InChI is InChI=1S/C19H22Cl2N4O3/c1-10(2)15(18(26)28-3)24-19(27)25-7-6-14-16(23-9-22-14)17(25)12-5-4-11(20)8-13(12)21/h4-5,8-10,15,17H,6-7H2,1-3H3,(H,22,23)(H,24,27). The quantitative estimate of drug-likeness (QED) is 0.734. The lowest BCUT2D eigenvalue weighted by Gasteiger charge is -2.36. The van der Waals surface area contributed by atoms with Gasteiger partial charge in [-0.05, 0) is 23.6 Å². The van der Waals surface area contributed by atoms with Crippen molar-refractivity contribution in [3.05, 3.63) is 51.5 Å². The minimum atomic E-state index is -0.751. The molecular formula is C19H22Cl2N4O3. The zero-order valence-electron chi connectivity index (χ0n) is 15.8. The molecule has 1 aromatic carbocycles. The lowest BCUT2D eigenvalue weighted by molar-refractivity contribution is -0.144. The summed E-state index contributed by atoms with van der Waals surface area (Å²) in [6, 6.07) is 3.53. The van der Waals surface area contributed by atoms with Crippen molar-refractivity contribution in [1.29, 1.82) is 0 Å². The normalized spacial score (nSPS) is 17.2. The van der Waals surface area contributed by atoms with Crippen molar-refractivity contribution in [3.63, 3.8) is 0 Å². The van der Waals surface area contributed by atoms with Gasteiger partial charge in [0.25, 0.3) is 0 Å². The van der Waals surface area contributed by atoms with E-state index in [1.54, 1.807) is 29.4 Å². The number of nitrogens with one attached hydrogen (secondary N) is 2. The van der Waals surface area contributed by atoms with Crippen LogP contribution in [-0.4, -0.2) is 46.6 Å². The number of amides is 2. The second-order valence-electron chi connectivity index (χ2n) is 6.97. The number of esters is 1. The monoisotopic (exact) mass is 424 g/mol. The van der Waals surface area contributed by atoms with Gasteiger partial charge in [0.15, 0.2) is 0 Å². The third-order valence-electron chi connectivity index (χ3n) is 4.84. The Labute approximate surface area is 173 Å². The van der Waals surface area contributed by atoms with Crippen molar-refractivity contribution >= 4 is 35.2 Å². The fourth-order valence-electron chi connectivity index (χ4n) is 3.37. The molecule has 0 fully saturated rings. The maximum atomic E-state index is 13.1. The van der Waals surface area contributed by atoms with E-state index >= 15 is 0 Å². The zero-order chi connectivity index (χ0) is 20.4. The molecule has 0 radical (unpaired) electrons. The number of halogens is 2. The first-order valence-electron chi connectivity index (χ1n) is 8.95. The lowest BCUT2D eigenvalue weighted by Crippen LogP contribution is -2.53. The van der Waals surface area contributed by atoms with Crippen LogP contribution in [0.15, 0.2) is 24.5 Å². The van der Waals surface area contributed by atoms with Gasteiger partial charge < -0.3 is 19.9 Å². The first kappa shape index (κ1) is 20.5. The van der Waals surface area contributed by atoms with Crippen molar-refractivity contribution in [2.45, 2.75) is 32.4 Å². The van der Waals surface area contributed by atoms with Crippen LogP contribution in [0.5, 0.6) is 0 Å². The molecule has 2 aromatic rings. The summed E-state index contributed by atoms with van der Waals surface area (Å²) in [6.45, 7) is 4.13. The van der Waals surface area contributed by atoms with E-state index in [2.05, 4.69) is 15.3 Å². The summed E-state index contributed by atoms with van der Waals surface area (Å²) in [6.07, 6.45) is 2.23. The largest absolute Gasteiger partial charge is 0.467 e. The SMILES string of the molecule is COC(=O)C(NC(=O)N1CCc2[nH]cnc2C1c1ccc(Cl)cc1Cl)C(C)C. The van der Waals surface area contributed by atoms with Crippen LogP contribution in [0.3, 0.4) is 0 Å². The maximum Gasteiger partial charge on any atom is 0.328 e. The number of carbonyl (C=O) groups is 2. The molecule has 2 unspecified atom stereocenters. The predicted octanol–water partition coefficient (Wildman–Crippen LogP) is 3.57. The number of rotatable bonds is 4. The van der Waals surface area contributed by atoms with Gasteiger partial charge in [-0.1, -0.05) is 43.1 Å². The van der Waals surface area contributed by atoms with E-state index in [1.807, 2.05) is 13.8 Å². The lowest BCUT2D eigenvalue weighted by atomic mass is 9.95. The van der Waals surface area contributed by atoms with Gasteiger partial charge in [0, 0.05) is 28.7 Å². The third kappa shape index (κ3) is 3.95. The van der Waals surface area contributed by atoms with Gasteiger partial charge in [0.05, 0.1) is 19.1 Å². The topological polar surface area (TPSA) is 87.3 Å². The van der Waals surface area contributed by atoms with Crippen molar-refractivity contribution in [1.82, 2.24) is 20.2 Å². The summed E-state index contributed by atoms with van der Waals surface area (Å²) in [5, 5.41) is 3.75. The Morgan fingerprint density at radius 3 is 2.75 bits per heavy atom. The first-order chi connectivity index (χ1) is 13.3. The average molecular weight is 425 g/mol. The smallest absolute Gasteiger partial charge is 0.328 e.